The minimum atomic E-state index is -4.73. The summed E-state index contributed by atoms with van der Waals surface area (Å²) in [7, 11) is -2.65. The molecule has 0 aliphatic carbocycles. The summed E-state index contributed by atoms with van der Waals surface area (Å²) in [4.78, 5) is 12.1. The summed E-state index contributed by atoms with van der Waals surface area (Å²) in [6.07, 6.45) is -2.84. The van der Waals surface area contributed by atoms with E-state index in [0.29, 0.717) is 4.57 Å². The average Bonchev–Trinajstić information content (AvgIpc) is 2.96. The molecule has 1 fully saturated rings. The fraction of sp³-hybridized carbons (Fsp3) is 0.412. The zero-order valence-corrected chi connectivity index (χ0v) is 15.8. The molecule has 0 atom stereocenters. The summed E-state index contributed by atoms with van der Waals surface area (Å²) < 4.78 is 66.2. The van der Waals surface area contributed by atoms with Gasteiger partial charge >= 0.3 is 11.9 Å². The van der Waals surface area contributed by atoms with Crippen LogP contribution in [0.3, 0.4) is 0 Å². The van der Waals surface area contributed by atoms with Crippen LogP contribution in [0.5, 0.6) is 0 Å². The third kappa shape index (κ3) is 4.20. The van der Waals surface area contributed by atoms with Gasteiger partial charge in [-0.2, -0.15) is 17.5 Å². The molecule has 2 heterocycles. The second-order valence-corrected chi connectivity index (χ2v) is 8.31. The van der Waals surface area contributed by atoms with Gasteiger partial charge in [-0.05, 0) is 24.5 Å². The maximum Gasteiger partial charge on any atom is 0.451 e. The number of sulfonamides is 1. The minimum absolute atomic E-state index is 0.0937. The van der Waals surface area contributed by atoms with Crippen LogP contribution in [0.25, 0.3) is 6.08 Å². The van der Waals surface area contributed by atoms with Gasteiger partial charge in [0.1, 0.15) is 0 Å². The van der Waals surface area contributed by atoms with Crippen molar-refractivity contribution in [2.75, 3.05) is 13.1 Å². The monoisotopic (exact) mass is 416 g/mol. The number of benzene rings is 1. The molecule has 0 spiro atoms. The van der Waals surface area contributed by atoms with Crippen LogP contribution in [-0.4, -0.2) is 40.2 Å². The number of rotatable bonds is 4. The van der Waals surface area contributed by atoms with Crippen molar-refractivity contribution in [1.82, 2.24) is 18.7 Å². The first-order chi connectivity index (χ1) is 13.1. The number of piperidine rings is 1. The van der Waals surface area contributed by atoms with Crippen LogP contribution >= 0.6 is 0 Å². The van der Waals surface area contributed by atoms with Crippen LogP contribution in [-0.2, 0) is 23.2 Å². The Hall–Kier alpha value is -2.40. The Morgan fingerprint density at radius 3 is 2.29 bits per heavy atom. The van der Waals surface area contributed by atoms with Gasteiger partial charge in [-0.1, -0.05) is 30.3 Å². The Kier molecular flexibility index (Phi) is 5.48. The maximum atomic E-state index is 12.9. The highest BCUT2D eigenvalue weighted by Gasteiger charge is 2.39. The minimum Gasteiger partial charge on any atom is -0.274 e. The molecule has 0 unspecified atom stereocenters. The second kappa shape index (κ2) is 7.55. The summed E-state index contributed by atoms with van der Waals surface area (Å²) in [6.45, 7) is 0.187. The normalized spacial score (nSPS) is 17.4. The SMILES string of the molecule is Cn1c(C(F)(F)F)nn(C2CCN(S(=O)(=O)/C=C/c3ccccc3)CC2)c1=O. The molecule has 2 aromatic rings. The van der Waals surface area contributed by atoms with E-state index in [1.165, 1.54) is 10.4 Å². The van der Waals surface area contributed by atoms with Gasteiger partial charge in [0.2, 0.25) is 15.8 Å². The van der Waals surface area contributed by atoms with E-state index in [1.54, 1.807) is 24.3 Å². The number of nitrogens with zero attached hydrogens (tertiary/aromatic N) is 4. The first kappa shape index (κ1) is 20.3. The van der Waals surface area contributed by atoms with E-state index in [4.69, 9.17) is 0 Å². The molecule has 1 aliphatic rings. The lowest BCUT2D eigenvalue weighted by molar-refractivity contribution is -0.147. The highest BCUT2D eigenvalue weighted by Crippen LogP contribution is 2.28. The molecule has 0 saturated carbocycles. The third-order valence-corrected chi connectivity index (χ3v) is 6.18. The molecule has 1 aliphatic heterocycles. The molecule has 28 heavy (non-hydrogen) atoms. The van der Waals surface area contributed by atoms with Crippen molar-refractivity contribution >= 4 is 16.1 Å². The van der Waals surface area contributed by atoms with Crippen LogP contribution < -0.4 is 5.69 Å². The lowest BCUT2D eigenvalue weighted by atomic mass is 10.1. The average molecular weight is 416 g/mol. The second-order valence-electron chi connectivity index (χ2n) is 6.50. The largest absolute Gasteiger partial charge is 0.451 e. The van der Waals surface area contributed by atoms with Gasteiger partial charge in [-0.3, -0.25) is 4.57 Å². The molecule has 7 nitrogen and oxygen atoms in total. The van der Waals surface area contributed by atoms with E-state index in [9.17, 15) is 26.4 Å². The smallest absolute Gasteiger partial charge is 0.274 e. The van der Waals surface area contributed by atoms with E-state index >= 15 is 0 Å². The van der Waals surface area contributed by atoms with Gasteiger partial charge < -0.3 is 0 Å². The van der Waals surface area contributed by atoms with Crippen LogP contribution in [0.1, 0.15) is 30.3 Å². The van der Waals surface area contributed by atoms with Crippen LogP contribution in [0, 0.1) is 0 Å². The topological polar surface area (TPSA) is 77.2 Å². The first-order valence-corrected chi connectivity index (χ1v) is 10.1. The zero-order valence-electron chi connectivity index (χ0n) is 15.0. The highest BCUT2D eigenvalue weighted by atomic mass is 32.2. The Labute approximate surface area is 159 Å². The molecular formula is C17H19F3N4O3S. The van der Waals surface area contributed by atoms with Gasteiger partial charge in [0.25, 0.3) is 0 Å². The van der Waals surface area contributed by atoms with E-state index < -0.39 is 33.8 Å². The molecular weight excluding hydrogens is 397 g/mol. The summed E-state index contributed by atoms with van der Waals surface area (Å²) in [5, 5.41) is 4.54. The predicted molar refractivity (Wildman–Crippen MR) is 96.7 cm³/mol. The Bertz CT molecular complexity index is 1020. The summed E-state index contributed by atoms with van der Waals surface area (Å²) in [5.41, 5.74) is -0.127. The van der Waals surface area contributed by atoms with E-state index in [-0.39, 0.29) is 25.9 Å². The summed E-state index contributed by atoms with van der Waals surface area (Å²) >= 11 is 0. The standard InChI is InChI=1S/C17H19F3N4O3S/c1-22-15(17(18,19)20)21-24(16(22)25)14-7-10-23(11-8-14)28(26,27)12-9-13-5-3-2-4-6-13/h2-6,9,12,14H,7-8,10-11H2,1H3/b12-9+. The molecule has 1 aromatic carbocycles. The van der Waals surface area contributed by atoms with Crippen LogP contribution in [0.2, 0.25) is 0 Å². The van der Waals surface area contributed by atoms with Gasteiger partial charge in [0.15, 0.2) is 0 Å². The fourth-order valence-corrected chi connectivity index (χ4v) is 4.32. The number of hydrogen-bond acceptors (Lipinski definition) is 4. The van der Waals surface area contributed by atoms with Crippen LogP contribution in [0.4, 0.5) is 13.2 Å². The molecule has 1 saturated heterocycles. The zero-order chi connectivity index (χ0) is 20.5. The quantitative estimate of drug-likeness (QED) is 0.766. The van der Waals surface area contributed by atoms with E-state index in [2.05, 4.69) is 5.10 Å². The van der Waals surface area contributed by atoms with Gasteiger partial charge in [0, 0.05) is 25.5 Å². The van der Waals surface area contributed by atoms with Crippen molar-refractivity contribution in [2.24, 2.45) is 7.05 Å². The van der Waals surface area contributed by atoms with Crippen molar-refractivity contribution in [1.29, 1.82) is 0 Å². The molecule has 0 N–H and O–H groups in total. The highest BCUT2D eigenvalue weighted by molar-refractivity contribution is 7.92. The predicted octanol–water partition coefficient (Wildman–Crippen LogP) is 2.24. The van der Waals surface area contributed by atoms with E-state index in [1.807, 2.05) is 6.07 Å². The Morgan fingerprint density at radius 2 is 1.75 bits per heavy atom. The van der Waals surface area contributed by atoms with Crippen molar-refractivity contribution < 1.29 is 21.6 Å². The lowest BCUT2D eigenvalue weighted by Crippen LogP contribution is -2.40. The first-order valence-electron chi connectivity index (χ1n) is 8.55. The van der Waals surface area contributed by atoms with Crippen LogP contribution in [0.15, 0.2) is 40.5 Å². The van der Waals surface area contributed by atoms with Gasteiger partial charge in [0.05, 0.1) is 6.04 Å². The van der Waals surface area contributed by atoms with Crippen molar-refractivity contribution in [3.05, 3.63) is 57.6 Å². The Balaban J connectivity index is 1.71. The Morgan fingerprint density at radius 1 is 1.14 bits per heavy atom. The number of halogens is 3. The lowest BCUT2D eigenvalue weighted by Gasteiger charge is -2.29. The summed E-state index contributed by atoms with van der Waals surface area (Å²) in [5.74, 6) is -1.27. The summed E-state index contributed by atoms with van der Waals surface area (Å²) in [6, 6.07) is 8.35. The van der Waals surface area contributed by atoms with Crippen molar-refractivity contribution in [3.63, 3.8) is 0 Å². The van der Waals surface area contributed by atoms with Crippen molar-refractivity contribution in [2.45, 2.75) is 25.1 Å². The molecule has 3 rings (SSSR count). The number of alkyl halides is 3. The van der Waals surface area contributed by atoms with E-state index in [0.717, 1.165) is 22.7 Å². The molecule has 152 valence electrons. The fourth-order valence-electron chi connectivity index (χ4n) is 3.10. The molecule has 0 bridgehead atoms. The molecule has 0 radical (unpaired) electrons. The molecule has 11 heteroatoms. The molecule has 1 aromatic heterocycles. The van der Waals surface area contributed by atoms with Gasteiger partial charge in [-0.25, -0.2) is 17.9 Å². The number of aromatic nitrogens is 3. The van der Waals surface area contributed by atoms with Gasteiger partial charge in [-0.15, -0.1) is 5.10 Å². The maximum absolute atomic E-state index is 12.9. The molecule has 0 amide bonds. The number of hydrogen-bond donors (Lipinski definition) is 0. The third-order valence-electron chi connectivity index (χ3n) is 4.62. The van der Waals surface area contributed by atoms with Crippen molar-refractivity contribution in [3.8, 4) is 0 Å².